The van der Waals surface area contributed by atoms with Gasteiger partial charge >= 0.3 is 6.09 Å². The van der Waals surface area contributed by atoms with Crippen molar-refractivity contribution in [2.24, 2.45) is 11.7 Å². The van der Waals surface area contributed by atoms with E-state index in [1.807, 2.05) is 24.3 Å². The standard InChI is InChI=1S/C22H24N2O3/c1-22(12-11-14(20(23)25)13-24(22)21(26)27-2)19-17-9-5-3-7-15(17)16-8-4-6-10-18(16)19/h3-10,14,19H,11-13H2,1-2H3,(H2,23,25). The van der Waals surface area contributed by atoms with E-state index in [2.05, 4.69) is 31.2 Å². The molecule has 1 aliphatic heterocycles. The summed E-state index contributed by atoms with van der Waals surface area (Å²) in [4.78, 5) is 26.2. The summed E-state index contributed by atoms with van der Waals surface area (Å²) in [5, 5.41) is 0. The molecule has 2 aliphatic rings. The number of nitrogens with two attached hydrogens (primary N) is 1. The minimum Gasteiger partial charge on any atom is -0.453 e. The van der Waals surface area contributed by atoms with E-state index in [1.165, 1.54) is 29.4 Å². The second-order valence-electron chi connectivity index (χ2n) is 7.68. The first-order chi connectivity index (χ1) is 13.0. The van der Waals surface area contributed by atoms with Crippen LogP contribution in [-0.4, -0.2) is 36.1 Å². The summed E-state index contributed by atoms with van der Waals surface area (Å²) in [6, 6.07) is 16.7. The van der Waals surface area contributed by atoms with E-state index in [-0.39, 0.29) is 17.7 Å². The first-order valence-electron chi connectivity index (χ1n) is 9.30. The molecular formula is C22H24N2O3. The summed E-state index contributed by atoms with van der Waals surface area (Å²) in [7, 11) is 1.38. The minimum absolute atomic E-state index is 0.0258. The fourth-order valence-corrected chi connectivity index (χ4v) is 4.87. The first kappa shape index (κ1) is 17.6. The van der Waals surface area contributed by atoms with Crippen LogP contribution in [0.15, 0.2) is 48.5 Å². The van der Waals surface area contributed by atoms with Crippen LogP contribution in [0.4, 0.5) is 4.79 Å². The average molecular weight is 364 g/mol. The summed E-state index contributed by atoms with van der Waals surface area (Å²) < 4.78 is 5.08. The van der Waals surface area contributed by atoms with Gasteiger partial charge in [0.1, 0.15) is 0 Å². The van der Waals surface area contributed by atoms with E-state index in [0.717, 1.165) is 0 Å². The zero-order chi connectivity index (χ0) is 19.2. The lowest BCUT2D eigenvalue weighted by molar-refractivity contribution is -0.124. The van der Waals surface area contributed by atoms with Gasteiger partial charge in [-0.05, 0) is 42.0 Å². The number of methoxy groups -OCH3 is 1. The van der Waals surface area contributed by atoms with Crippen molar-refractivity contribution in [1.82, 2.24) is 4.90 Å². The van der Waals surface area contributed by atoms with E-state index in [9.17, 15) is 9.59 Å². The van der Waals surface area contributed by atoms with E-state index in [1.54, 1.807) is 4.90 Å². The summed E-state index contributed by atoms with van der Waals surface area (Å²) >= 11 is 0. The Morgan fingerprint density at radius 3 is 2.15 bits per heavy atom. The number of primary amides is 1. The molecule has 2 unspecified atom stereocenters. The number of carbonyl (C=O) groups is 2. The van der Waals surface area contributed by atoms with Crippen molar-refractivity contribution in [2.75, 3.05) is 13.7 Å². The molecule has 1 fully saturated rings. The number of carbonyl (C=O) groups excluding carboxylic acids is 2. The molecule has 1 heterocycles. The van der Waals surface area contributed by atoms with Crippen molar-refractivity contribution in [3.05, 3.63) is 59.7 Å². The van der Waals surface area contributed by atoms with E-state index in [0.29, 0.717) is 19.4 Å². The monoisotopic (exact) mass is 364 g/mol. The van der Waals surface area contributed by atoms with Gasteiger partial charge in [0.15, 0.2) is 0 Å². The Morgan fingerprint density at radius 2 is 1.63 bits per heavy atom. The van der Waals surface area contributed by atoms with Crippen LogP contribution in [0.25, 0.3) is 11.1 Å². The molecule has 5 nitrogen and oxygen atoms in total. The zero-order valence-electron chi connectivity index (χ0n) is 15.6. The molecule has 0 spiro atoms. The summed E-state index contributed by atoms with van der Waals surface area (Å²) in [6.45, 7) is 2.39. The lowest BCUT2D eigenvalue weighted by Gasteiger charge is -2.49. The summed E-state index contributed by atoms with van der Waals surface area (Å²) in [5.41, 5.74) is 9.90. The van der Waals surface area contributed by atoms with Gasteiger partial charge in [-0.1, -0.05) is 48.5 Å². The number of fused-ring (bicyclic) bond motifs is 3. The Balaban J connectivity index is 1.85. The van der Waals surface area contributed by atoms with Crippen LogP contribution in [0.1, 0.15) is 36.8 Å². The van der Waals surface area contributed by atoms with Crippen LogP contribution < -0.4 is 5.73 Å². The molecule has 1 saturated heterocycles. The molecule has 4 rings (SSSR count). The van der Waals surface area contributed by atoms with Crippen molar-refractivity contribution in [3.63, 3.8) is 0 Å². The zero-order valence-corrected chi connectivity index (χ0v) is 15.6. The Labute approximate surface area is 159 Å². The number of rotatable bonds is 2. The van der Waals surface area contributed by atoms with Crippen molar-refractivity contribution in [2.45, 2.75) is 31.2 Å². The van der Waals surface area contributed by atoms with Gasteiger partial charge in [0, 0.05) is 12.5 Å². The van der Waals surface area contributed by atoms with Gasteiger partial charge in [-0.15, -0.1) is 0 Å². The number of amides is 2. The summed E-state index contributed by atoms with van der Waals surface area (Å²) in [6.07, 6.45) is 0.939. The Hall–Kier alpha value is -2.82. The fourth-order valence-electron chi connectivity index (χ4n) is 4.87. The number of ether oxygens (including phenoxy) is 1. The molecule has 0 aromatic heterocycles. The molecule has 2 atom stereocenters. The van der Waals surface area contributed by atoms with Crippen molar-refractivity contribution >= 4 is 12.0 Å². The van der Waals surface area contributed by atoms with Gasteiger partial charge in [-0.25, -0.2) is 4.79 Å². The highest BCUT2D eigenvalue weighted by Gasteiger charge is 2.51. The second-order valence-corrected chi connectivity index (χ2v) is 7.68. The quantitative estimate of drug-likeness (QED) is 0.886. The van der Waals surface area contributed by atoms with Gasteiger partial charge < -0.3 is 15.4 Å². The number of likely N-dealkylation sites (tertiary alicyclic amines) is 1. The van der Waals surface area contributed by atoms with Gasteiger partial charge in [0.05, 0.1) is 18.6 Å². The Kier molecular flexibility index (Phi) is 4.17. The third-order valence-electron chi connectivity index (χ3n) is 6.27. The minimum atomic E-state index is -0.498. The number of benzene rings is 2. The van der Waals surface area contributed by atoms with Gasteiger partial charge in [0.25, 0.3) is 0 Å². The van der Waals surface area contributed by atoms with Gasteiger partial charge in [-0.3, -0.25) is 4.79 Å². The molecule has 0 radical (unpaired) electrons. The predicted octanol–water partition coefficient (Wildman–Crippen LogP) is 3.52. The molecule has 140 valence electrons. The maximum absolute atomic E-state index is 12.7. The van der Waals surface area contributed by atoms with E-state index in [4.69, 9.17) is 10.5 Å². The van der Waals surface area contributed by atoms with Crippen molar-refractivity contribution in [3.8, 4) is 11.1 Å². The lowest BCUT2D eigenvalue weighted by Crippen LogP contribution is -2.59. The number of hydrogen-bond donors (Lipinski definition) is 1. The predicted molar refractivity (Wildman–Crippen MR) is 103 cm³/mol. The van der Waals surface area contributed by atoms with Crippen LogP contribution in [0.2, 0.25) is 0 Å². The molecule has 2 N–H and O–H groups in total. The highest BCUT2D eigenvalue weighted by molar-refractivity contribution is 5.81. The van der Waals surface area contributed by atoms with Crippen LogP contribution in [0.5, 0.6) is 0 Å². The van der Waals surface area contributed by atoms with Crippen molar-refractivity contribution < 1.29 is 14.3 Å². The van der Waals surface area contributed by atoms with Crippen LogP contribution >= 0.6 is 0 Å². The van der Waals surface area contributed by atoms with Crippen LogP contribution in [0, 0.1) is 5.92 Å². The maximum Gasteiger partial charge on any atom is 0.409 e. The fraction of sp³-hybridized carbons (Fsp3) is 0.364. The molecule has 5 heteroatoms. The normalized spacial score (nSPS) is 24.2. The van der Waals surface area contributed by atoms with Gasteiger partial charge in [0.2, 0.25) is 5.91 Å². The molecule has 0 bridgehead atoms. The van der Waals surface area contributed by atoms with Gasteiger partial charge in [-0.2, -0.15) is 0 Å². The average Bonchev–Trinajstić information content (AvgIpc) is 3.02. The molecule has 27 heavy (non-hydrogen) atoms. The number of piperidine rings is 1. The summed E-state index contributed by atoms with van der Waals surface area (Å²) in [5.74, 6) is -0.680. The molecule has 2 aromatic carbocycles. The lowest BCUT2D eigenvalue weighted by atomic mass is 9.71. The Morgan fingerprint density at radius 1 is 1.07 bits per heavy atom. The highest BCUT2D eigenvalue weighted by Crippen LogP contribution is 2.53. The molecular weight excluding hydrogens is 340 g/mol. The SMILES string of the molecule is COC(=O)N1CC(C(N)=O)CCC1(C)C1c2ccccc2-c2ccccc21. The topological polar surface area (TPSA) is 72.6 Å². The van der Waals surface area contributed by atoms with E-state index >= 15 is 0 Å². The highest BCUT2D eigenvalue weighted by atomic mass is 16.5. The van der Waals surface area contributed by atoms with Crippen LogP contribution in [0.3, 0.4) is 0 Å². The molecule has 2 aromatic rings. The van der Waals surface area contributed by atoms with Crippen LogP contribution in [-0.2, 0) is 9.53 Å². The van der Waals surface area contributed by atoms with E-state index < -0.39 is 11.6 Å². The first-order valence-corrected chi connectivity index (χ1v) is 9.30. The molecule has 2 amide bonds. The Bertz CT molecular complexity index is 864. The number of hydrogen-bond acceptors (Lipinski definition) is 3. The largest absolute Gasteiger partial charge is 0.453 e. The second kappa shape index (κ2) is 6.41. The van der Waals surface area contributed by atoms with Crippen molar-refractivity contribution in [1.29, 1.82) is 0 Å². The smallest absolute Gasteiger partial charge is 0.409 e. The third kappa shape index (κ3) is 2.60. The third-order valence-corrected chi connectivity index (χ3v) is 6.27. The maximum atomic E-state index is 12.7. The molecule has 0 saturated carbocycles. The number of nitrogens with zero attached hydrogens (tertiary/aromatic N) is 1. The molecule has 1 aliphatic carbocycles.